The fourth-order valence-electron chi connectivity index (χ4n) is 2.60. The predicted molar refractivity (Wildman–Crippen MR) is 120 cm³/mol. The quantitative estimate of drug-likeness (QED) is 0.498. The van der Waals surface area contributed by atoms with Crippen LogP contribution in [0.15, 0.2) is 35.2 Å². The van der Waals surface area contributed by atoms with Crippen LogP contribution in [0.25, 0.3) is 0 Å². The molecule has 1 amide bonds. The van der Waals surface area contributed by atoms with Crippen LogP contribution in [0.4, 0.5) is 5.00 Å². The molecule has 0 aliphatic rings. The third-order valence-corrected chi connectivity index (χ3v) is 6.87. The van der Waals surface area contributed by atoms with E-state index in [1.807, 2.05) is 6.92 Å². The third-order valence-electron chi connectivity index (χ3n) is 4.01. The average Bonchev–Trinajstić information content (AvgIpc) is 3.14. The number of amides is 1. The molecule has 1 aromatic carbocycles. The number of carbonyl (C=O) groups excluding carboxylic acids is 3. The molecule has 2 N–H and O–H groups in total. The second kappa shape index (κ2) is 11.2. The monoisotopic (exact) mass is 482 g/mol. The number of carbonyl (C=O) groups is 3. The van der Waals surface area contributed by atoms with Crippen molar-refractivity contribution in [3.05, 3.63) is 46.3 Å². The van der Waals surface area contributed by atoms with E-state index in [4.69, 9.17) is 9.47 Å². The first-order valence-corrected chi connectivity index (χ1v) is 12.3. The lowest BCUT2D eigenvalue weighted by atomic mass is 10.2. The molecule has 1 aromatic heterocycles. The maximum Gasteiger partial charge on any atom is 0.341 e. The minimum Gasteiger partial charge on any atom is -0.462 e. The van der Waals surface area contributed by atoms with Crippen LogP contribution in [-0.4, -0.2) is 45.5 Å². The van der Waals surface area contributed by atoms with Crippen molar-refractivity contribution in [2.75, 3.05) is 18.5 Å². The molecule has 1 heterocycles. The van der Waals surface area contributed by atoms with E-state index in [-0.39, 0.29) is 28.7 Å². The summed E-state index contributed by atoms with van der Waals surface area (Å²) in [6.45, 7) is 6.63. The van der Waals surface area contributed by atoms with E-state index < -0.39 is 34.5 Å². The Morgan fingerprint density at radius 2 is 1.69 bits per heavy atom. The van der Waals surface area contributed by atoms with Crippen molar-refractivity contribution in [2.24, 2.45) is 0 Å². The average molecular weight is 483 g/mol. The van der Waals surface area contributed by atoms with Gasteiger partial charge in [0.15, 0.2) is 6.61 Å². The third kappa shape index (κ3) is 6.87. The van der Waals surface area contributed by atoms with Crippen LogP contribution < -0.4 is 10.0 Å². The maximum absolute atomic E-state index is 12.2. The molecular weight excluding hydrogens is 456 g/mol. The summed E-state index contributed by atoms with van der Waals surface area (Å²) in [6, 6.07) is 6.56. The van der Waals surface area contributed by atoms with Gasteiger partial charge in [-0.2, -0.15) is 0 Å². The maximum atomic E-state index is 12.2. The normalized spacial score (nSPS) is 11.3. The van der Waals surface area contributed by atoms with Crippen LogP contribution in [0, 0.1) is 0 Å². The molecule has 32 heavy (non-hydrogen) atoms. The zero-order chi connectivity index (χ0) is 23.9. The molecule has 2 aromatic rings. The highest BCUT2D eigenvalue weighted by Gasteiger charge is 2.20. The molecule has 174 valence electrons. The van der Waals surface area contributed by atoms with Crippen LogP contribution in [0.5, 0.6) is 0 Å². The lowest BCUT2D eigenvalue weighted by molar-refractivity contribution is -0.119. The first kappa shape index (κ1) is 25.5. The van der Waals surface area contributed by atoms with Crippen molar-refractivity contribution in [3.8, 4) is 0 Å². The molecule has 2 rings (SSSR count). The first-order valence-electron chi connectivity index (χ1n) is 9.96. The van der Waals surface area contributed by atoms with E-state index in [1.54, 1.807) is 26.8 Å². The van der Waals surface area contributed by atoms with Gasteiger partial charge in [0, 0.05) is 10.9 Å². The fraction of sp³-hybridized carbons (Fsp3) is 0.381. The van der Waals surface area contributed by atoms with Gasteiger partial charge in [-0.3, -0.25) is 4.79 Å². The summed E-state index contributed by atoms with van der Waals surface area (Å²) in [7, 11) is -3.68. The Balaban J connectivity index is 2.00. The van der Waals surface area contributed by atoms with Gasteiger partial charge in [-0.1, -0.05) is 6.92 Å². The van der Waals surface area contributed by atoms with Crippen molar-refractivity contribution in [1.82, 2.24) is 4.72 Å². The summed E-state index contributed by atoms with van der Waals surface area (Å²) < 4.78 is 36.7. The molecule has 0 spiro atoms. The number of nitrogens with one attached hydrogen (secondary N) is 2. The van der Waals surface area contributed by atoms with E-state index in [0.29, 0.717) is 11.4 Å². The Kier molecular flexibility index (Phi) is 8.93. The second-order valence-electron chi connectivity index (χ2n) is 6.95. The number of benzene rings is 1. The number of rotatable bonds is 10. The van der Waals surface area contributed by atoms with Crippen LogP contribution in [0.3, 0.4) is 0 Å². The topological polar surface area (TPSA) is 128 Å². The molecule has 0 fully saturated rings. The lowest BCUT2D eigenvalue weighted by Gasteiger charge is -2.10. The highest BCUT2D eigenvalue weighted by atomic mass is 32.2. The van der Waals surface area contributed by atoms with E-state index in [1.165, 1.54) is 35.6 Å². The zero-order valence-electron chi connectivity index (χ0n) is 18.3. The minimum atomic E-state index is -3.68. The Morgan fingerprint density at radius 3 is 2.25 bits per heavy atom. The summed E-state index contributed by atoms with van der Waals surface area (Å²) in [5.74, 6) is -1.95. The number of sulfonamides is 1. The van der Waals surface area contributed by atoms with Gasteiger partial charge >= 0.3 is 11.9 Å². The Morgan fingerprint density at radius 1 is 1.03 bits per heavy atom. The van der Waals surface area contributed by atoms with Gasteiger partial charge in [0.2, 0.25) is 10.0 Å². The molecule has 0 bridgehead atoms. The van der Waals surface area contributed by atoms with Crippen molar-refractivity contribution < 1.29 is 32.3 Å². The smallest absolute Gasteiger partial charge is 0.341 e. The Bertz CT molecular complexity index is 1070. The molecule has 0 saturated carbocycles. The summed E-state index contributed by atoms with van der Waals surface area (Å²) in [6.07, 6.45) is 0.681. The molecule has 0 aliphatic carbocycles. The zero-order valence-corrected chi connectivity index (χ0v) is 19.9. The van der Waals surface area contributed by atoms with Gasteiger partial charge in [0.25, 0.3) is 5.91 Å². The standard InChI is InChI=1S/C21H26N2O7S2/c1-5-15-11-17(21(26)29-6-2)19(31-15)22-18(24)12-30-20(25)14-7-9-16(10-8-14)32(27,28)23-13(3)4/h7-11,13,23H,5-6,12H2,1-4H3,(H,22,24). The molecule has 0 unspecified atom stereocenters. The Labute approximate surface area is 191 Å². The van der Waals surface area contributed by atoms with Crippen molar-refractivity contribution in [2.45, 2.75) is 45.1 Å². The molecule has 0 atom stereocenters. The summed E-state index contributed by atoms with van der Waals surface area (Å²) in [5.41, 5.74) is 0.345. The summed E-state index contributed by atoms with van der Waals surface area (Å²) in [4.78, 5) is 37.4. The number of thiophene rings is 1. The number of aryl methyl sites for hydroxylation is 1. The van der Waals surface area contributed by atoms with Crippen LogP contribution >= 0.6 is 11.3 Å². The molecule has 11 heteroatoms. The largest absolute Gasteiger partial charge is 0.462 e. The van der Waals surface area contributed by atoms with Crippen LogP contribution in [-0.2, 0) is 30.7 Å². The second-order valence-corrected chi connectivity index (χ2v) is 9.80. The van der Waals surface area contributed by atoms with Crippen molar-refractivity contribution >= 4 is 44.2 Å². The van der Waals surface area contributed by atoms with Crippen molar-refractivity contribution in [3.63, 3.8) is 0 Å². The van der Waals surface area contributed by atoms with Gasteiger partial charge in [-0.15, -0.1) is 11.3 Å². The van der Waals surface area contributed by atoms with Crippen LogP contribution in [0.1, 0.15) is 53.3 Å². The molecule has 0 aliphatic heterocycles. The number of hydrogen-bond donors (Lipinski definition) is 2. The van der Waals surface area contributed by atoms with Gasteiger partial charge in [0.1, 0.15) is 5.00 Å². The highest BCUT2D eigenvalue weighted by molar-refractivity contribution is 7.89. The molecular formula is C21H26N2O7S2. The molecule has 9 nitrogen and oxygen atoms in total. The van der Waals surface area contributed by atoms with E-state index in [0.717, 1.165) is 4.88 Å². The molecule has 0 saturated heterocycles. The van der Waals surface area contributed by atoms with E-state index in [9.17, 15) is 22.8 Å². The van der Waals surface area contributed by atoms with Crippen LogP contribution in [0.2, 0.25) is 0 Å². The summed E-state index contributed by atoms with van der Waals surface area (Å²) in [5, 5.41) is 2.90. The lowest BCUT2D eigenvalue weighted by Crippen LogP contribution is -2.30. The van der Waals surface area contributed by atoms with Gasteiger partial charge in [-0.05, 0) is 57.5 Å². The van der Waals surface area contributed by atoms with Gasteiger partial charge < -0.3 is 14.8 Å². The SMILES string of the molecule is CCOC(=O)c1cc(CC)sc1NC(=O)COC(=O)c1ccc(S(=O)(=O)NC(C)C)cc1. The fourth-order valence-corrected chi connectivity index (χ4v) is 4.85. The number of hydrogen-bond acceptors (Lipinski definition) is 8. The summed E-state index contributed by atoms with van der Waals surface area (Å²) >= 11 is 1.24. The number of anilines is 1. The van der Waals surface area contributed by atoms with E-state index >= 15 is 0 Å². The number of ether oxygens (including phenoxy) is 2. The number of esters is 2. The minimum absolute atomic E-state index is 0.0106. The molecule has 0 radical (unpaired) electrons. The highest BCUT2D eigenvalue weighted by Crippen LogP contribution is 2.29. The van der Waals surface area contributed by atoms with Gasteiger partial charge in [0.05, 0.1) is 22.6 Å². The Hall–Kier alpha value is -2.76. The van der Waals surface area contributed by atoms with Crippen molar-refractivity contribution in [1.29, 1.82) is 0 Å². The first-order chi connectivity index (χ1) is 15.1. The van der Waals surface area contributed by atoms with E-state index in [2.05, 4.69) is 10.0 Å². The predicted octanol–water partition coefficient (Wildman–Crippen LogP) is 2.97. The van der Waals surface area contributed by atoms with Gasteiger partial charge in [-0.25, -0.2) is 22.7 Å².